The van der Waals surface area contributed by atoms with Crippen molar-refractivity contribution in [2.24, 2.45) is 0 Å². The van der Waals surface area contributed by atoms with Gasteiger partial charge in [0.05, 0.1) is 17.1 Å². The molecule has 0 radical (unpaired) electrons. The molecule has 98 valence electrons. The molecular formula is C14H10Br2ClNO. The van der Waals surface area contributed by atoms with E-state index in [0.717, 1.165) is 14.5 Å². The Kier molecular flexibility index (Phi) is 5.02. The lowest BCUT2D eigenvalue weighted by molar-refractivity contribution is -0.115. The van der Waals surface area contributed by atoms with Crippen molar-refractivity contribution in [3.8, 4) is 0 Å². The van der Waals surface area contributed by atoms with Crippen molar-refractivity contribution in [1.82, 2.24) is 0 Å². The molecule has 1 N–H and O–H groups in total. The maximum Gasteiger partial charge on any atom is 0.228 e. The molecule has 0 fully saturated rings. The maximum atomic E-state index is 11.9. The van der Waals surface area contributed by atoms with Gasteiger partial charge in [-0.1, -0.05) is 55.6 Å². The molecule has 0 aromatic heterocycles. The van der Waals surface area contributed by atoms with Gasteiger partial charge in [0.2, 0.25) is 5.91 Å². The highest BCUT2D eigenvalue weighted by Crippen LogP contribution is 2.25. The molecule has 0 bridgehead atoms. The van der Waals surface area contributed by atoms with E-state index in [2.05, 4.69) is 37.2 Å². The molecule has 0 spiro atoms. The third-order valence-electron chi connectivity index (χ3n) is 2.46. The predicted molar refractivity (Wildman–Crippen MR) is 85.6 cm³/mol. The molecule has 0 aliphatic rings. The second-order valence-electron chi connectivity index (χ2n) is 3.98. The summed E-state index contributed by atoms with van der Waals surface area (Å²) >= 11 is 12.8. The van der Waals surface area contributed by atoms with Crippen LogP contribution in [0.15, 0.2) is 51.4 Å². The quantitative estimate of drug-likeness (QED) is 0.764. The van der Waals surface area contributed by atoms with Crippen molar-refractivity contribution in [2.75, 3.05) is 5.32 Å². The first-order chi connectivity index (χ1) is 9.04. The van der Waals surface area contributed by atoms with E-state index in [9.17, 15) is 4.79 Å². The molecule has 0 heterocycles. The number of hydrogen-bond donors (Lipinski definition) is 1. The summed E-state index contributed by atoms with van der Waals surface area (Å²) < 4.78 is 1.84. The van der Waals surface area contributed by atoms with Crippen LogP contribution in [-0.4, -0.2) is 5.91 Å². The standard InChI is InChI=1S/C14H10Br2ClNO/c15-10-3-1-2-9(6-10)7-14(19)18-13-5-4-11(16)8-12(13)17/h1-6,8H,7H2,(H,18,19). The van der Waals surface area contributed by atoms with E-state index < -0.39 is 0 Å². The first kappa shape index (κ1) is 14.6. The minimum absolute atomic E-state index is 0.0951. The molecule has 5 heteroatoms. The van der Waals surface area contributed by atoms with Crippen molar-refractivity contribution in [1.29, 1.82) is 0 Å². The number of carbonyl (C=O) groups is 1. The summed E-state index contributed by atoms with van der Waals surface area (Å²) in [6.07, 6.45) is 0.311. The number of amides is 1. The zero-order chi connectivity index (χ0) is 13.8. The van der Waals surface area contributed by atoms with Crippen LogP contribution in [0.3, 0.4) is 0 Å². The van der Waals surface area contributed by atoms with Crippen molar-refractivity contribution in [3.05, 3.63) is 62.0 Å². The summed E-state index contributed by atoms with van der Waals surface area (Å²) in [5.74, 6) is -0.0951. The summed E-state index contributed by atoms with van der Waals surface area (Å²) in [6.45, 7) is 0. The Labute approximate surface area is 133 Å². The SMILES string of the molecule is O=C(Cc1cccc(Br)c1)Nc1ccc(Br)cc1Cl. The lowest BCUT2D eigenvalue weighted by atomic mass is 10.1. The molecule has 0 saturated carbocycles. The molecule has 2 nitrogen and oxygen atoms in total. The Morgan fingerprint density at radius 3 is 2.53 bits per heavy atom. The van der Waals surface area contributed by atoms with E-state index in [-0.39, 0.29) is 5.91 Å². The smallest absolute Gasteiger partial charge is 0.228 e. The first-order valence-corrected chi connectivity index (χ1v) is 7.50. The van der Waals surface area contributed by atoms with E-state index >= 15 is 0 Å². The van der Waals surface area contributed by atoms with Gasteiger partial charge in [0.15, 0.2) is 0 Å². The molecule has 0 atom stereocenters. The third-order valence-corrected chi connectivity index (χ3v) is 3.76. The summed E-state index contributed by atoms with van der Waals surface area (Å²) in [5.41, 5.74) is 1.56. The fourth-order valence-corrected chi connectivity index (χ4v) is 2.78. The normalized spacial score (nSPS) is 10.3. The Balaban J connectivity index is 2.05. The average Bonchev–Trinajstić information content (AvgIpc) is 2.33. The van der Waals surface area contributed by atoms with Gasteiger partial charge >= 0.3 is 0 Å². The van der Waals surface area contributed by atoms with Gasteiger partial charge in [-0.05, 0) is 35.9 Å². The number of carbonyl (C=O) groups excluding carboxylic acids is 1. The molecular weight excluding hydrogens is 393 g/mol. The summed E-state index contributed by atoms with van der Waals surface area (Å²) in [6, 6.07) is 13.0. The van der Waals surface area contributed by atoms with Gasteiger partial charge in [-0.15, -0.1) is 0 Å². The zero-order valence-corrected chi connectivity index (χ0v) is 13.7. The molecule has 2 rings (SSSR count). The summed E-state index contributed by atoms with van der Waals surface area (Å²) in [5, 5.41) is 3.31. The molecule has 0 aliphatic carbocycles. The van der Waals surface area contributed by atoms with E-state index in [1.54, 1.807) is 12.1 Å². The van der Waals surface area contributed by atoms with Crippen LogP contribution in [0.1, 0.15) is 5.56 Å². The van der Waals surface area contributed by atoms with Gasteiger partial charge in [-0.3, -0.25) is 4.79 Å². The van der Waals surface area contributed by atoms with E-state index in [0.29, 0.717) is 17.1 Å². The Hall–Kier alpha value is -0.840. The summed E-state index contributed by atoms with van der Waals surface area (Å²) in [7, 11) is 0. The largest absolute Gasteiger partial charge is 0.324 e. The molecule has 2 aromatic carbocycles. The Morgan fingerprint density at radius 1 is 1.11 bits per heavy atom. The number of hydrogen-bond acceptors (Lipinski definition) is 1. The highest BCUT2D eigenvalue weighted by Gasteiger charge is 2.07. The molecule has 0 unspecified atom stereocenters. The third kappa shape index (κ3) is 4.34. The average molecular weight is 404 g/mol. The van der Waals surface area contributed by atoms with Gasteiger partial charge in [0.25, 0.3) is 0 Å². The van der Waals surface area contributed by atoms with Crippen molar-refractivity contribution < 1.29 is 4.79 Å². The fourth-order valence-electron chi connectivity index (χ4n) is 1.62. The minimum Gasteiger partial charge on any atom is -0.324 e. The number of anilines is 1. The van der Waals surface area contributed by atoms with Crippen molar-refractivity contribution >= 4 is 55.1 Å². The Bertz CT molecular complexity index is 616. The molecule has 19 heavy (non-hydrogen) atoms. The minimum atomic E-state index is -0.0951. The summed E-state index contributed by atoms with van der Waals surface area (Å²) in [4.78, 5) is 11.9. The lowest BCUT2D eigenvalue weighted by Crippen LogP contribution is -2.14. The maximum absolute atomic E-state index is 11.9. The van der Waals surface area contributed by atoms with Crippen LogP contribution in [0.25, 0.3) is 0 Å². The second-order valence-corrected chi connectivity index (χ2v) is 6.22. The lowest BCUT2D eigenvalue weighted by Gasteiger charge is -2.08. The highest BCUT2D eigenvalue weighted by molar-refractivity contribution is 9.10. The molecule has 2 aromatic rings. The van der Waals surface area contributed by atoms with E-state index in [1.165, 1.54) is 0 Å². The van der Waals surface area contributed by atoms with Gasteiger partial charge in [-0.25, -0.2) is 0 Å². The van der Waals surface area contributed by atoms with Gasteiger partial charge in [0, 0.05) is 8.95 Å². The molecule has 0 saturated heterocycles. The molecule has 0 aliphatic heterocycles. The number of benzene rings is 2. The topological polar surface area (TPSA) is 29.1 Å². The number of rotatable bonds is 3. The van der Waals surface area contributed by atoms with Crippen molar-refractivity contribution in [2.45, 2.75) is 6.42 Å². The van der Waals surface area contributed by atoms with Crippen LogP contribution in [0.5, 0.6) is 0 Å². The van der Waals surface area contributed by atoms with Crippen LogP contribution in [0, 0.1) is 0 Å². The van der Waals surface area contributed by atoms with E-state index in [4.69, 9.17) is 11.6 Å². The van der Waals surface area contributed by atoms with Crippen LogP contribution < -0.4 is 5.32 Å². The Morgan fingerprint density at radius 2 is 1.84 bits per heavy atom. The number of halogens is 3. The van der Waals surface area contributed by atoms with Crippen LogP contribution in [-0.2, 0) is 11.2 Å². The fraction of sp³-hybridized carbons (Fsp3) is 0.0714. The van der Waals surface area contributed by atoms with Gasteiger partial charge in [-0.2, -0.15) is 0 Å². The van der Waals surface area contributed by atoms with Crippen LogP contribution in [0.4, 0.5) is 5.69 Å². The monoisotopic (exact) mass is 401 g/mol. The van der Waals surface area contributed by atoms with Crippen molar-refractivity contribution in [3.63, 3.8) is 0 Å². The van der Waals surface area contributed by atoms with Crippen LogP contribution in [0.2, 0.25) is 5.02 Å². The van der Waals surface area contributed by atoms with Crippen LogP contribution >= 0.6 is 43.5 Å². The first-order valence-electron chi connectivity index (χ1n) is 5.54. The van der Waals surface area contributed by atoms with Gasteiger partial charge in [0.1, 0.15) is 0 Å². The van der Waals surface area contributed by atoms with E-state index in [1.807, 2.05) is 30.3 Å². The molecule has 1 amide bonds. The number of nitrogens with one attached hydrogen (secondary N) is 1. The second kappa shape index (κ2) is 6.55. The highest BCUT2D eigenvalue weighted by atomic mass is 79.9. The zero-order valence-electron chi connectivity index (χ0n) is 9.79. The predicted octanol–water partition coefficient (Wildman–Crippen LogP) is 5.05. The van der Waals surface area contributed by atoms with Gasteiger partial charge < -0.3 is 5.32 Å².